The van der Waals surface area contributed by atoms with Crippen LogP contribution in [0.2, 0.25) is 0 Å². The Hall–Kier alpha value is 0.0510. The zero-order valence-corrected chi connectivity index (χ0v) is 10.1. The van der Waals surface area contributed by atoms with E-state index in [1.807, 2.05) is 0 Å². The molecule has 14 heavy (non-hydrogen) atoms. The van der Waals surface area contributed by atoms with Gasteiger partial charge in [-0.25, -0.2) is 4.79 Å². The number of rotatable bonds is 1. The molecular formula is C7H8LaMgO5. The van der Waals surface area contributed by atoms with E-state index >= 15 is 0 Å². The molecule has 1 aromatic rings. The molecule has 0 fully saturated rings. The summed E-state index contributed by atoms with van der Waals surface area (Å²) in [7, 11) is 0. The maximum Gasteiger partial charge on any atom is 0.335 e. The summed E-state index contributed by atoms with van der Waals surface area (Å²) in [6, 6.07) is 1.69. The molecule has 0 bridgehead atoms. The average Bonchev–Trinajstić information content (AvgIpc) is 1.99. The summed E-state index contributed by atoms with van der Waals surface area (Å²) in [5.41, 5.74) is -0.289. The molecule has 1 radical (unpaired) electrons. The predicted molar refractivity (Wildman–Crippen MR) is 46.9 cm³/mol. The van der Waals surface area contributed by atoms with Crippen LogP contribution in [0.15, 0.2) is 12.1 Å². The third-order valence-corrected chi connectivity index (χ3v) is 1.32. The summed E-state index contributed by atoms with van der Waals surface area (Å²) < 4.78 is 0. The van der Waals surface area contributed by atoms with E-state index in [1.54, 1.807) is 0 Å². The van der Waals surface area contributed by atoms with Gasteiger partial charge >= 0.3 is 29.0 Å². The second-order valence-electron chi connectivity index (χ2n) is 2.17. The molecular weight excluding hydrogens is 327 g/mol. The Kier molecular flexibility index (Phi) is 7.67. The normalized spacial score (nSPS) is 8.29. The van der Waals surface area contributed by atoms with E-state index in [2.05, 4.69) is 0 Å². The van der Waals surface area contributed by atoms with Crippen LogP contribution in [0, 0.1) is 35.6 Å². The molecule has 0 saturated heterocycles. The quantitative estimate of drug-likeness (QED) is 0.413. The Morgan fingerprint density at radius 2 is 1.43 bits per heavy atom. The van der Waals surface area contributed by atoms with Crippen LogP contribution < -0.4 is 0 Å². The minimum Gasteiger partial charge on any atom is -0.504 e. The molecule has 0 atom stereocenters. The molecule has 0 saturated carbocycles. The van der Waals surface area contributed by atoms with Crippen molar-refractivity contribution in [1.29, 1.82) is 0 Å². The third kappa shape index (κ3) is 3.66. The monoisotopic (exact) mass is 335 g/mol. The molecule has 0 spiro atoms. The van der Waals surface area contributed by atoms with Gasteiger partial charge in [-0.1, -0.05) is 0 Å². The molecule has 0 aromatic heterocycles. The van der Waals surface area contributed by atoms with Crippen molar-refractivity contribution >= 4 is 29.0 Å². The number of phenolic OH excluding ortho intramolecular Hbond substituents is 3. The number of carboxylic acid groups (broad SMARTS) is 1. The summed E-state index contributed by atoms with van der Waals surface area (Å²) in [6.07, 6.45) is 0. The van der Waals surface area contributed by atoms with Gasteiger partial charge < -0.3 is 20.4 Å². The van der Waals surface area contributed by atoms with Crippen LogP contribution >= 0.6 is 0 Å². The van der Waals surface area contributed by atoms with Crippen LogP contribution in [0.25, 0.3) is 0 Å². The average molecular weight is 335 g/mol. The maximum absolute atomic E-state index is 10.3. The summed E-state index contributed by atoms with van der Waals surface area (Å²) >= 11 is 0. The van der Waals surface area contributed by atoms with Crippen LogP contribution in [0.1, 0.15) is 10.4 Å². The molecule has 7 heteroatoms. The Morgan fingerprint density at radius 1 is 1.07 bits per heavy atom. The zero-order chi connectivity index (χ0) is 9.30. The van der Waals surface area contributed by atoms with Crippen LogP contribution in [-0.4, -0.2) is 49.4 Å². The molecule has 1 rings (SSSR count). The second kappa shape index (κ2) is 6.52. The second-order valence-corrected chi connectivity index (χ2v) is 2.17. The maximum atomic E-state index is 10.3. The number of aromatic hydroxyl groups is 3. The first-order chi connectivity index (χ1) is 5.52. The van der Waals surface area contributed by atoms with E-state index in [0.29, 0.717) is 0 Å². The summed E-state index contributed by atoms with van der Waals surface area (Å²) in [6.45, 7) is 0. The Morgan fingerprint density at radius 3 is 1.71 bits per heavy atom. The Balaban J connectivity index is 0. The topological polar surface area (TPSA) is 98.0 Å². The SMILES string of the molecule is O=C(O)c1cc(O)c(O)c(O)c1.[La].[MgH2]. The number of hydrogen-bond acceptors (Lipinski definition) is 4. The van der Waals surface area contributed by atoms with E-state index in [4.69, 9.17) is 20.4 Å². The fourth-order valence-electron chi connectivity index (χ4n) is 0.728. The van der Waals surface area contributed by atoms with Gasteiger partial charge in [0.25, 0.3) is 0 Å². The molecule has 71 valence electrons. The van der Waals surface area contributed by atoms with Crippen LogP contribution in [0.4, 0.5) is 0 Å². The van der Waals surface area contributed by atoms with Crippen molar-refractivity contribution in [3.63, 3.8) is 0 Å². The van der Waals surface area contributed by atoms with Gasteiger partial charge in [0, 0.05) is 35.6 Å². The van der Waals surface area contributed by atoms with Crippen LogP contribution in [0.5, 0.6) is 17.2 Å². The van der Waals surface area contributed by atoms with Crippen molar-refractivity contribution in [3.8, 4) is 17.2 Å². The van der Waals surface area contributed by atoms with Gasteiger partial charge in [0.15, 0.2) is 17.2 Å². The van der Waals surface area contributed by atoms with Crippen molar-refractivity contribution in [2.24, 2.45) is 0 Å². The smallest absolute Gasteiger partial charge is 0.335 e. The van der Waals surface area contributed by atoms with Crippen LogP contribution in [0.3, 0.4) is 0 Å². The molecule has 5 nitrogen and oxygen atoms in total. The standard InChI is InChI=1S/C7H6O5.La.Mg.2H/c8-4-1-3(7(11)12)2-5(9)6(4)10;;;;/h1-2,8-10H,(H,11,12);;;;. The van der Waals surface area contributed by atoms with Gasteiger partial charge in [0.1, 0.15) is 0 Å². The molecule has 4 N–H and O–H groups in total. The minimum atomic E-state index is -1.29. The molecule has 0 aliphatic rings. The van der Waals surface area contributed by atoms with Gasteiger partial charge in [0.2, 0.25) is 0 Å². The Bertz CT molecular complexity index is 318. The fourth-order valence-corrected chi connectivity index (χ4v) is 0.728. The molecule has 0 amide bonds. The number of carbonyl (C=O) groups is 1. The van der Waals surface area contributed by atoms with Gasteiger partial charge in [-0.05, 0) is 12.1 Å². The first-order valence-corrected chi connectivity index (χ1v) is 3.00. The van der Waals surface area contributed by atoms with E-state index < -0.39 is 23.2 Å². The molecule has 0 aliphatic carbocycles. The largest absolute Gasteiger partial charge is 0.504 e. The number of benzene rings is 1. The van der Waals surface area contributed by atoms with Crippen molar-refractivity contribution in [2.45, 2.75) is 0 Å². The van der Waals surface area contributed by atoms with Crippen molar-refractivity contribution in [2.75, 3.05) is 0 Å². The van der Waals surface area contributed by atoms with E-state index in [9.17, 15) is 4.79 Å². The number of phenols is 3. The van der Waals surface area contributed by atoms with Crippen molar-refractivity contribution in [3.05, 3.63) is 17.7 Å². The van der Waals surface area contributed by atoms with E-state index in [1.165, 1.54) is 0 Å². The van der Waals surface area contributed by atoms with Gasteiger partial charge in [0.05, 0.1) is 5.56 Å². The molecule has 0 unspecified atom stereocenters. The molecule has 1 aromatic carbocycles. The van der Waals surface area contributed by atoms with E-state index in [0.717, 1.165) is 12.1 Å². The van der Waals surface area contributed by atoms with Gasteiger partial charge in [-0.15, -0.1) is 0 Å². The Labute approximate surface area is 124 Å². The first kappa shape index (κ1) is 16.5. The summed E-state index contributed by atoms with van der Waals surface area (Å²) in [5.74, 6) is -3.33. The van der Waals surface area contributed by atoms with Gasteiger partial charge in [-0.3, -0.25) is 0 Å². The minimum absolute atomic E-state index is 0. The zero-order valence-electron chi connectivity index (χ0n) is 6.43. The molecule has 0 heterocycles. The van der Waals surface area contributed by atoms with Crippen LogP contribution in [-0.2, 0) is 0 Å². The van der Waals surface area contributed by atoms with E-state index in [-0.39, 0.29) is 64.2 Å². The van der Waals surface area contributed by atoms with Crippen molar-refractivity contribution < 1.29 is 60.8 Å². The summed E-state index contributed by atoms with van der Waals surface area (Å²) in [4.78, 5) is 10.3. The number of aromatic carboxylic acids is 1. The predicted octanol–water partition coefficient (Wildman–Crippen LogP) is -0.415. The van der Waals surface area contributed by atoms with Gasteiger partial charge in [-0.2, -0.15) is 0 Å². The first-order valence-electron chi connectivity index (χ1n) is 3.00. The van der Waals surface area contributed by atoms with Crippen molar-refractivity contribution in [1.82, 2.24) is 0 Å². The fraction of sp³-hybridized carbons (Fsp3) is 0. The summed E-state index contributed by atoms with van der Waals surface area (Å²) in [5, 5.41) is 35.0. The molecule has 0 aliphatic heterocycles. The number of hydrogen-bond donors (Lipinski definition) is 4. The number of carboxylic acids is 1. The third-order valence-electron chi connectivity index (χ3n) is 1.32.